The lowest BCUT2D eigenvalue weighted by molar-refractivity contribution is 0.595. The van der Waals surface area contributed by atoms with E-state index in [-0.39, 0.29) is 10.6 Å². The molecule has 0 amide bonds. The Labute approximate surface area is 102 Å². The highest BCUT2D eigenvalue weighted by Crippen LogP contribution is 2.25. The zero-order chi connectivity index (χ0) is 13.3. The van der Waals surface area contributed by atoms with E-state index in [4.69, 9.17) is 5.26 Å². The van der Waals surface area contributed by atoms with Crippen molar-refractivity contribution in [3.8, 4) is 6.07 Å². The molecule has 1 rings (SSSR count). The summed E-state index contributed by atoms with van der Waals surface area (Å²) in [5.41, 5.74) is 0.362. The summed E-state index contributed by atoms with van der Waals surface area (Å²) >= 11 is 0. The number of hydrogen-bond donors (Lipinski definition) is 0. The van der Waals surface area contributed by atoms with Crippen LogP contribution in [0.15, 0.2) is 17.2 Å². The van der Waals surface area contributed by atoms with Crippen LogP contribution in [0.3, 0.4) is 0 Å². The summed E-state index contributed by atoms with van der Waals surface area (Å²) in [5.74, 6) is 0.0337. The summed E-state index contributed by atoms with van der Waals surface area (Å²) in [6.45, 7) is 6.73. The van der Waals surface area contributed by atoms with Crippen molar-refractivity contribution in [2.75, 3.05) is 5.75 Å². The minimum absolute atomic E-state index is 0.0337. The predicted octanol–water partition coefficient (Wildman–Crippen LogP) is 1.98. The van der Waals surface area contributed by atoms with Gasteiger partial charge in [0.05, 0.1) is 27.8 Å². The molecular formula is C12H16N2O2S. The van der Waals surface area contributed by atoms with E-state index in [1.165, 1.54) is 0 Å². The Balaban J connectivity index is 3.47. The second-order valence-electron chi connectivity index (χ2n) is 4.45. The lowest BCUT2D eigenvalue weighted by Crippen LogP contribution is -2.16. The van der Waals surface area contributed by atoms with Gasteiger partial charge in [0, 0.05) is 6.20 Å². The predicted molar refractivity (Wildman–Crippen MR) is 65.3 cm³/mol. The van der Waals surface area contributed by atoms with E-state index < -0.39 is 15.3 Å². The largest absolute Gasteiger partial charge is 0.260 e. The Morgan fingerprint density at radius 2 is 2.06 bits per heavy atom. The molecule has 0 aromatic carbocycles. The van der Waals surface area contributed by atoms with Crippen molar-refractivity contribution >= 4 is 9.84 Å². The van der Waals surface area contributed by atoms with E-state index in [9.17, 15) is 8.42 Å². The average molecular weight is 252 g/mol. The van der Waals surface area contributed by atoms with Crippen LogP contribution < -0.4 is 0 Å². The maximum atomic E-state index is 11.9. The van der Waals surface area contributed by atoms with E-state index in [2.05, 4.69) is 11.1 Å². The molecule has 0 radical (unpaired) electrons. The van der Waals surface area contributed by atoms with Gasteiger partial charge in [0.2, 0.25) is 0 Å². The van der Waals surface area contributed by atoms with Crippen LogP contribution in [0.5, 0.6) is 0 Å². The molecule has 0 atom stereocenters. The average Bonchev–Trinajstić information content (AvgIpc) is 2.29. The first-order chi connectivity index (χ1) is 7.74. The fourth-order valence-electron chi connectivity index (χ4n) is 1.39. The quantitative estimate of drug-likeness (QED) is 0.824. The minimum Gasteiger partial charge on any atom is -0.260 e. The SMILES string of the molecule is CCS(=O)(=O)c1cc(C(C)(C)C#N)cnc1C. The van der Waals surface area contributed by atoms with Crippen molar-refractivity contribution in [1.29, 1.82) is 5.26 Å². The van der Waals surface area contributed by atoms with Crippen molar-refractivity contribution in [3.63, 3.8) is 0 Å². The molecule has 0 fully saturated rings. The van der Waals surface area contributed by atoms with Crippen LogP contribution in [0.4, 0.5) is 0 Å². The van der Waals surface area contributed by atoms with Crippen LogP contribution in [0, 0.1) is 18.3 Å². The normalized spacial score (nSPS) is 12.2. The molecule has 1 heterocycles. The third-order valence-electron chi connectivity index (χ3n) is 2.76. The van der Waals surface area contributed by atoms with Gasteiger partial charge >= 0.3 is 0 Å². The molecule has 4 nitrogen and oxygen atoms in total. The standard InChI is InChI=1S/C12H16N2O2S/c1-5-17(15,16)11-6-10(7-14-9(11)2)12(3,4)8-13/h6-7H,5H2,1-4H3. The molecule has 92 valence electrons. The lowest BCUT2D eigenvalue weighted by Gasteiger charge is -2.17. The summed E-state index contributed by atoms with van der Waals surface area (Å²) in [6, 6.07) is 3.70. The van der Waals surface area contributed by atoms with E-state index in [0.29, 0.717) is 11.3 Å². The number of hydrogen-bond acceptors (Lipinski definition) is 4. The molecule has 0 saturated carbocycles. The molecule has 0 unspecified atom stereocenters. The van der Waals surface area contributed by atoms with Crippen molar-refractivity contribution in [2.24, 2.45) is 0 Å². The van der Waals surface area contributed by atoms with E-state index in [0.717, 1.165) is 0 Å². The summed E-state index contributed by atoms with van der Waals surface area (Å²) in [5, 5.41) is 9.04. The van der Waals surface area contributed by atoms with Gasteiger partial charge in [0.25, 0.3) is 0 Å². The minimum atomic E-state index is -3.29. The van der Waals surface area contributed by atoms with Gasteiger partial charge in [-0.3, -0.25) is 4.98 Å². The highest BCUT2D eigenvalue weighted by atomic mass is 32.2. The van der Waals surface area contributed by atoms with Gasteiger partial charge in [0.1, 0.15) is 0 Å². The smallest absolute Gasteiger partial charge is 0.179 e. The molecule has 0 aliphatic heterocycles. The molecule has 17 heavy (non-hydrogen) atoms. The van der Waals surface area contributed by atoms with Gasteiger partial charge in [-0.15, -0.1) is 0 Å². The molecular weight excluding hydrogens is 236 g/mol. The topological polar surface area (TPSA) is 70.8 Å². The highest BCUT2D eigenvalue weighted by molar-refractivity contribution is 7.91. The van der Waals surface area contributed by atoms with Crippen LogP contribution >= 0.6 is 0 Å². The number of sulfone groups is 1. The molecule has 0 spiro atoms. The molecule has 1 aromatic heterocycles. The molecule has 5 heteroatoms. The van der Waals surface area contributed by atoms with Gasteiger partial charge < -0.3 is 0 Å². The van der Waals surface area contributed by atoms with Crippen molar-refractivity contribution in [3.05, 3.63) is 23.5 Å². The number of aromatic nitrogens is 1. The Bertz CT molecular complexity index is 569. The molecule has 0 aliphatic rings. The first-order valence-electron chi connectivity index (χ1n) is 5.35. The van der Waals surface area contributed by atoms with Gasteiger partial charge in [-0.25, -0.2) is 8.42 Å². The van der Waals surface area contributed by atoms with Gasteiger partial charge in [-0.2, -0.15) is 5.26 Å². The molecule has 0 N–H and O–H groups in total. The van der Waals surface area contributed by atoms with Crippen LogP contribution in [-0.4, -0.2) is 19.2 Å². The Morgan fingerprint density at radius 3 is 2.53 bits per heavy atom. The third-order valence-corrected chi connectivity index (χ3v) is 4.60. The van der Waals surface area contributed by atoms with Gasteiger partial charge in [0.15, 0.2) is 9.84 Å². The first kappa shape index (κ1) is 13.7. The van der Waals surface area contributed by atoms with Gasteiger partial charge in [-0.05, 0) is 32.4 Å². The zero-order valence-electron chi connectivity index (χ0n) is 10.5. The van der Waals surface area contributed by atoms with Crippen molar-refractivity contribution < 1.29 is 8.42 Å². The molecule has 0 bridgehead atoms. The summed E-state index contributed by atoms with van der Waals surface area (Å²) < 4.78 is 23.7. The first-order valence-corrected chi connectivity index (χ1v) is 7.01. The molecule has 0 aliphatic carbocycles. The number of nitriles is 1. The second kappa shape index (κ2) is 4.46. The van der Waals surface area contributed by atoms with Crippen LogP contribution in [-0.2, 0) is 15.3 Å². The third kappa shape index (κ3) is 2.64. The molecule has 0 saturated heterocycles. The van der Waals surface area contributed by atoms with Crippen molar-refractivity contribution in [2.45, 2.75) is 38.0 Å². The maximum absolute atomic E-state index is 11.9. The van der Waals surface area contributed by atoms with Crippen LogP contribution in [0.25, 0.3) is 0 Å². The fraction of sp³-hybridized carbons (Fsp3) is 0.500. The highest BCUT2D eigenvalue weighted by Gasteiger charge is 2.24. The van der Waals surface area contributed by atoms with Gasteiger partial charge in [-0.1, -0.05) is 6.92 Å². The molecule has 1 aromatic rings. The fourth-order valence-corrected chi connectivity index (χ4v) is 2.51. The van der Waals surface area contributed by atoms with Crippen LogP contribution in [0.2, 0.25) is 0 Å². The maximum Gasteiger partial charge on any atom is 0.179 e. The number of aryl methyl sites for hydroxylation is 1. The Kier molecular flexibility index (Phi) is 3.58. The van der Waals surface area contributed by atoms with E-state index >= 15 is 0 Å². The van der Waals surface area contributed by atoms with Crippen molar-refractivity contribution in [1.82, 2.24) is 4.98 Å². The summed E-state index contributed by atoms with van der Waals surface area (Å²) in [6.07, 6.45) is 1.56. The number of pyridine rings is 1. The second-order valence-corrected chi connectivity index (χ2v) is 6.69. The van der Waals surface area contributed by atoms with E-state index in [1.54, 1.807) is 40.0 Å². The van der Waals surface area contributed by atoms with E-state index in [1.807, 2.05) is 0 Å². The monoisotopic (exact) mass is 252 g/mol. The zero-order valence-corrected chi connectivity index (χ0v) is 11.3. The lowest BCUT2D eigenvalue weighted by atomic mass is 9.87. The summed E-state index contributed by atoms with van der Waals surface area (Å²) in [7, 11) is -3.29. The Hall–Kier alpha value is -1.41. The Morgan fingerprint density at radius 1 is 1.47 bits per heavy atom. The van der Waals surface area contributed by atoms with Crippen LogP contribution in [0.1, 0.15) is 32.0 Å². The number of rotatable bonds is 3. The number of nitrogens with zero attached hydrogens (tertiary/aromatic N) is 2. The summed E-state index contributed by atoms with van der Waals surface area (Å²) in [4.78, 5) is 4.30.